The number of furan rings is 1. The molecule has 0 bridgehead atoms. The van der Waals surface area contributed by atoms with Crippen molar-refractivity contribution in [3.05, 3.63) is 212 Å². The minimum absolute atomic E-state index is 0.657. The van der Waals surface area contributed by atoms with Crippen LogP contribution in [0.4, 0.5) is 0 Å². The van der Waals surface area contributed by atoms with Crippen LogP contribution in [-0.4, -0.2) is 15.0 Å². The molecular formula is C57H35N3O. The van der Waals surface area contributed by atoms with E-state index in [4.69, 9.17) is 19.4 Å². The molecule has 0 radical (unpaired) electrons. The third-order valence-electron chi connectivity index (χ3n) is 11.9. The van der Waals surface area contributed by atoms with Crippen LogP contribution in [-0.2, 0) is 0 Å². The predicted molar refractivity (Wildman–Crippen MR) is 252 cm³/mol. The van der Waals surface area contributed by atoms with Crippen molar-refractivity contribution >= 4 is 54.4 Å². The van der Waals surface area contributed by atoms with Crippen molar-refractivity contribution in [2.75, 3.05) is 0 Å². The van der Waals surface area contributed by atoms with E-state index in [1.165, 1.54) is 27.3 Å². The maximum absolute atomic E-state index is 6.83. The molecule has 0 saturated heterocycles. The smallest absolute Gasteiger partial charge is 0.160 e. The van der Waals surface area contributed by atoms with E-state index >= 15 is 0 Å². The fourth-order valence-electron chi connectivity index (χ4n) is 8.84. The first-order valence-electron chi connectivity index (χ1n) is 20.6. The standard InChI is InChI=1S/C57H35N3O/c1-3-13-36(14-4-1)38-23-27-40(28-24-38)51-35-52(60-57(59-51)41-29-25-39(26-30-41)37-15-5-2-6-16-37)43-31-32-50-49(34-43)56-54(47-21-11-12-22-53(47)61-56)55(58-50)48-33-42-17-7-8-18-44(42)45-19-9-10-20-46(45)48/h1-35H. The van der Waals surface area contributed by atoms with Gasteiger partial charge in [-0.15, -0.1) is 0 Å². The van der Waals surface area contributed by atoms with E-state index in [0.29, 0.717) is 5.82 Å². The van der Waals surface area contributed by atoms with Gasteiger partial charge < -0.3 is 4.42 Å². The lowest BCUT2D eigenvalue weighted by Crippen LogP contribution is -1.96. The van der Waals surface area contributed by atoms with Crippen LogP contribution in [0.25, 0.3) is 122 Å². The van der Waals surface area contributed by atoms with E-state index in [-0.39, 0.29) is 0 Å². The number of hydrogen-bond acceptors (Lipinski definition) is 4. The molecule has 0 aliphatic carbocycles. The van der Waals surface area contributed by atoms with Crippen LogP contribution in [0.3, 0.4) is 0 Å². The number of para-hydroxylation sites is 1. The molecule has 4 nitrogen and oxygen atoms in total. The summed E-state index contributed by atoms with van der Waals surface area (Å²) >= 11 is 0. The molecule has 9 aromatic carbocycles. The number of aromatic nitrogens is 3. The minimum Gasteiger partial charge on any atom is -0.455 e. The quantitative estimate of drug-likeness (QED) is 0.158. The third kappa shape index (κ3) is 6.04. The molecule has 284 valence electrons. The molecule has 61 heavy (non-hydrogen) atoms. The van der Waals surface area contributed by atoms with Gasteiger partial charge in [-0.25, -0.2) is 15.0 Å². The van der Waals surface area contributed by atoms with Gasteiger partial charge in [-0.3, -0.25) is 0 Å². The highest BCUT2D eigenvalue weighted by molar-refractivity contribution is 6.23. The third-order valence-corrected chi connectivity index (χ3v) is 11.9. The average molecular weight is 778 g/mol. The second-order valence-corrected chi connectivity index (χ2v) is 15.5. The summed E-state index contributed by atoms with van der Waals surface area (Å²) in [6.07, 6.45) is 0. The Kier molecular flexibility index (Phi) is 8.13. The summed E-state index contributed by atoms with van der Waals surface area (Å²) in [6, 6.07) is 74.3. The van der Waals surface area contributed by atoms with E-state index in [1.54, 1.807) is 0 Å². The Hall–Kier alpha value is -8.21. The lowest BCUT2D eigenvalue weighted by molar-refractivity contribution is 0.672. The summed E-state index contributed by atoms with van der Waals surface area (Å²) in [5.74, 6) is 0.657. The zero-order valence-corrected chi connectivity index (χ0v) is 33.0. The Labute approximate surface area is 352 Å². The normalized spacial score (nSPS) is 11.6. The van der Waals surface area contributed by atoms with Crippen LogP contribution in [0.5, 0.6) is 0 Å². The van der Waals surface area contributed by atoms with Crippen LogP contribution >= 0.6 is 0 Å². The van der Waals surface area contributed by atoms with E-state index in [0.717, 1.165) is 88.7 Å². The molecule has 0 fully saturated rings. The molecule has 0 N–H and O–H groups in total. The molecule has 4 heteroatoms. The number of hydrogen-bond donors (Lipinski definition) is 0. The van der Waals surface area contributed by atoms with Crippen molar-refractivity contribution in [2.24, 2.45) is 0 Å². The van der Waals surface area contributed by atoms with E-state index in [1.807, 2.05) is 24.3 Å². The van der Waals surface area contributed by atoms with Crippen molar-refractivity contribution in [1.29, 1.82) is 0 Å². The Morgan fingerprint density at radius 3 is 1.56 bits per heavy atom. The number of nitrogens with zero attached hydrogens (tertiary/aromatic N) is 3. The second kappa shape index (κ2) is 14.3. The van der Waals surface area contributed by atoms with Gasteiger partial charge in [0.25, 0.3) is 0 Å². The number of pyridine rings is 1. The van der Waals surface area contributed by atoms with E-state index < -0.39 is 0 Å². The summed E-state index contributed by atoms with van der Waals surface area (Å²) < 4.78 is 6.83. The molecule has 0 aliphatic rings. The Morgan fingerprint density at radius 2 is 0.852 bits per heavy atom. The van der Waals surface area contributed by atoms with E-state index in [9.17, 15) is 0 Å². The summed E-state index contributed by atoms with van der Waals surface area (Å²) in [6.45, 7) is 0. The van der Waals surface area contributed by atoms with Crippen LogP contribution in [0, 0.1) is 0 Å². The highest BCUT2D eigenvalue weighted by atomic mass is 16.3. The Morgan fingerprint density at radius 1 is 0.328 bits per heavy atom. The first-order valence-corrected chi connectivity index (χ1v) is 20.6. The average Bonchev–Trinajstić information content (AvgIpc) is 3.74. The van der Waals surface area contributed by atoms with Gasteiger partial charge in [0.2, 0.25) is 0 Å². The number of rotatable bonds is 6. The first-order chi connectivity index (χ1) is 30.2. The van der Waals surface area contributed by atoms with Crippen LogP contribution in [0.1, 0.15) is 0 Å². The van der Waals surface area contributed by atoms with Crippen LogP contribution < -0.4 is 0 Å². The summed E-state index contributed by atoms with van der Waals surface area (Å²) in [7, 11) is 0. The molecule has 0 unspecified atom stereocenters. The largest absolute Gasteiger partial charge is 0.455 e. The molecule has 12 rings (SSSR count). The molecule has 0 atom stereocenters. The summed E-state index contributed by atoms with van der Waals surface area (Å²) in [4.78, 5) is 15.9. The monoisotopic (exact) mass is 777 g/mol. The highest BCUT2D eigenvalue weighted by Gasteiger charge is 2.21. The zero-order valence-electron chi connectivity index (χ0n) is 33.0. The molecule has 3 aromatic heterocycles. The van der Waals surface area contributed by atoms with Crippen molar-refractivity contribution in [2.45, 2.75) is 0 Å². The van der Waals surface area contributed by atoms with Crippen molar-refractivity contribution in [3.8, 4) is 67.4 Å². The van der Waals surface area contributed by atoms with E-state index in [2.05, 4.69) is 188 Å². The van der Waals surface area contributed by atoms with Crippen LogP contribution in [0.2, 0.25) is 0 Å². The van der Waals surface area contributed by atoms with Gasteiger partial charge in [0, 0.05) is 33.0 Å². The molecule has 0 aliphatic heterocycles. The fraction of sp³-hybridized carbons (Fsp3) is 0. The van der Waals surface area contributed by atoms with Crippen molar-refractivity contribution in [1.82, 2.24) is 15.0 Å². The van der Waals surface area contributed by atoms with Gasteiger partial charge in [0.05, 0.1) is 28.0 Å². The van der Waals surface area contributed by atoms with Gasteiger partial charge >= 0.3 is 0 Å². The fourth-order valence-corrected chi connectivity index (χ4v) is 8.84. The SMILES string of the molecule is c1ccc(-c2ccc(-c3cc(-c4ccc5nc(-c6cc7ccccc7c7ccccc67)c6c7ccccc7oc6c5c4)nc(-c4ccc(-c5ccccc5)cc4)n3)cc2)cc1. The zero-order chi connectivity index (χ0) is 40.3. The van der Waals surface area contributed by atoms with Gasteiger partial charge in [-0.1, -0.05) is 182 Å². The second-order valence-electron chi connectivity index (χ2n) is 15.5. The van der Waals surface area contributed by atoms with Gasteiger partial charge in [0.1, 0.15) is 11.2 Å². The number of benzene rings is 9. The lowest BCUT2D eigenvalue weighted by atomic mass is 9.93. The predicted octanol–water partition coefficient (Wildman–Crippen LogP) is 15.2. The molecular weight excluding hydrogens is 743 g/mol. The maximum atomic E-state index is 6.83. The Balaban J connectivity index is 1.05. The van der Waals surface area contributed by atoms with Gasteiger partial charge in [-0.05, 0) is 74.1 Å². The molecule has 12 aromatic rings. The molecule has 0 saturated carbocycles. The summed E-state index contributed by atoms with van der Waals surface area (Å²) in [5.41, 5.74) is 13.7. The molecule has 0 amide bonds. The summed E-state index contributed by atoms with van der Waals surface area (Å²) in [5, 5.41) is 7.73. The van der Waals surface area contributed by atoms with Crippen molar-refractivity contribution in [3.63, 3.8) is 0 Å². The number of fused-ring (bicyclic) bond motifs is 8. The van der Waals surface area contributed by atoms with Crippen molar-refractivity contribution < 1.29 is 4.42 Å². The maximum Gasteiger partial charge on any atom is 0.160 e. The van der Waals surface area contributed by atoms with Gasteiger partial charge in [-0.2, -0.15) is 0 Å². The van der Waals surface area contributed by atoms with Crippen LogP contribution in [0.15, 0.2) is 217 Å². The first kappa shape index (κ1) is 34.8. The minimum atomic E-state index is 0.657. The molecule has 0 spiro atoms. The highest BCUT2D eigenvalue weighted by Crippen LogP contribution is 2.44. The Bertz CT molecular complexity index is 3510. The lowest BCUT2D eigenvalue weighted by Gasteiger charge is -2.13. The van der Waals surface area contributed by atoms with Gasteiger partial charge in [0.15, 0.2) is 5.82 Å². The topological polar surface area (TPSA) is 51.8 Å². The molecule has 3 heterocycles.